The van der Waals surface area contributed by atoms with Gasteiger partial charge in [-0.05, 0) is 35.9 Å². The van der Waals surface area contributed by atoms with Crippen LogP contribution in [-0.4, -0.2) is 5.11 Å². The lowest BCUT2D eigenvalue weighted by atomic mass is 9.98. The van der Waals surface area contributed by atoms with Gasteiger partial charge in [-0.1, -0.05) is 49.8 Å². The maximum absolute atomic E-state index is 9.90. The first-order valence-electron chi connectivity index (χ1n) is 6.17. The monoisotopic (exact) mass is 226 g/mol. The fourth-order valence-corrected chi connectivity index (χ4v) is 2.27. The van der Waals surface area contributed by atoms with E-state index in [0.717, 1.165) is 11.8 Å². The molecule has 2 aromatic rings. The van der Waals surface area contributed by atoms with Crippen molar-refractivity contribution >= 4 is 16.8 Å². The van der Waals surface area contributed by atoms with Crippen LogP contribution in [0, 0.1) is 6.92 Å². The molecule has 0 radical (unpaired) electrons. The van der Waals surface area contributed by atoms with Gasteiger partial charge in [0.05, 0.1) is 0 Å². The molecule has 0 atom stereocenters. The van der Waals surface area contributed by atoms with Crippen LogP contribution in [-0.2, 0) is 6.42 Å². The number of rotatable bonds is 0. The zero-order valence-electron chi connectivity index (χ0n) is 10.6. The van der Waals surface area contributed by atoms with Crippen molar-refractivity contribution < 1.29 is 5.11 Å². The zero-order chi connectivity index (χ0) is 12.4. The topological polar surface area (TPSA) is 20.2 Å². The van der Waals surface area contributed by atoms with E-state index in [1.807, 2.05) is 32.0 Å². The van der Waals surface area contributed by atoms with Gasteiger partial charge in [-0.15, -0.1) is 0 Å². The van der Waals surface area contributed by atoms with E-state index < -0.39 is 0 Å². The van der Waals surface area contributed by atoms with Gasteiger partial charge in [0.1, 0.15) is 5.75 Å². The highest BCUT2D eigenvalue weighted by Gasteiger charge is 2.12. The minimum absolute atomic E-state index is 0.396. The average Bonchev–Trinajstić information content (AvgIpc) is 2.80. The standard InChI is InChI=1S/C14H12O.C2H6/c1-9-5-6-12-13(7-9)11-4-2-3-10(11)8-14(12)15;1-2/h2,4-8,15H,3H2,1H3;1-2H3. The molecule has 1 nitrogen and oxygen atoms in total. The summed E-state index contributed by atoms with van der Waals surface area (Å²) >= 11 is 0. The summed E-state index contributed by atoms with van der Waals surface area (Å²) in [5.74, 6) is 0.396. The van der Waals surface area contributed by atoms with Crippen LogP contribution < -0.4 is 0 Å². The summed E-state index contributed by atoms with van der Waals surface area (Å²) in [6.07, 6.45) is 5.23. The molecule has 0 aromatic heterocycles. The highest BCUT2D eigenvalue weighted by Crippen LogP contribution is 2.35. The summed E-state index contributed by atoms with van der Waals surface area (Å²) in [5.41, 5.74) is 3.73. The maximum atomic E-state index is 9.90. The zero-order valence-corrected chi connectivity index (χ0v) is 10.6. The third-order valence-electron chi connectivity index (χ3n) is 3.02. The van der Waals surface area contributed by atoms with Crippen molar-refractivity contribution in [3.05, 3.63) is 47.0 Å². The molecule has 0 unspecified atom stereocenters. The van der Waals surface area contributed by atoms with Crippen LogP contribution in [0.5, 0.6) is 5.75 Å². The predicted octanol–water partition coefficient (Wildman–Crippen LogP) is 4.45. The molecule has 0 fully saturated rings. The second-order valence-electron chi connectivity index (χ2n) is 4.12. The Balaban J connectivity index is 0.000000514. The second kappa shape index (κ2) is 4.62. The molecule has 1 aliphatic rings. The summed E-state index contributed by atoms with van der Waals surface area (Å²) in [6.45, 7) is 6.08. The van der Waals surface area contributed by atoms with Gasteiger partial charge in [0, 0.05) is 5.39 Å². The number of fused-ring (bicyclic) bond motifs is 3. The number of aromatic hydroxyl groups is 1. The Bertz CT molecular complexity index is 580. The fraction of sp³-hybridized carbons (Fsp3) is 0.250. The van der Waals surface area contributed by atoms with Gasteiger partial charge >= 0.3 is 0 Å². The van der Waals surface area contributed by atoms with E-state index in [-0.39, 0.29) is 0 Å². The van der Waals surface area contributed by atoms with Crippen molar-refractivity contribution in [2.24, 2.45) is 0 Å². The minimum atomic E-state index is 0.396. The molecular formula is C16H18O. The number of benzene rings is 2. The normalized spacial score (nSPS) is 12.2. The predicted molar refractivity (Wildman–Crippen MR) is 74.4 cm³/mol. The van der Waals surface area contributed by atoms with Gasteiger partial charge < -0.3 is 5.11 Å². The Morgan fingerprint density at radius 2 is 1.82 bits per heavy atom. The lowest BCUT2D eigenvalue weighted by Gasteiger charge is -2.08. The molecule has 88 valence electrons. The van der Waals surface area contributed by atoms with Crippen molar-refractivity contribution in [2.45, 2.75) is 27.2 Å². The first-order valence-corrected chi connectivity index (χ1v) is 6.17. The number of phenols is 1. The summed E-state index contributed by atoms with van der Waals surface area (Å²) < 4.78 is 0. The molecule has 0 bridgehead atoms. The van der Waals surface area contributed by atoms with E-state index in [1.54, 1.807) is 0 Å². The third-order valence-corrected chi connectivity index (χ3v) is 3.02. The molecule has 0 heterocycles. The van der Waals surface area contributed by atoms with Crippen molar-refractivity contribution in [1.29, 1.82) is 0 Å². The van der Waals surface area contributed by atoms with Crippen molar-refractivity contribution in [2.75, 3.05) is 0 Å². The van der Waals surface area contributed by atoms with E-state index in [9.17, 15) is 5.11 Å². The van der Waals surface area contributed by atoms with E-state index >= 15 is 0 Å². The molecular weight excluding hydrogens is 208 g/mol. The quantitative estimate of drug-likeness (QED) is 0.703. The summed E-state index contributed by atoms with van der Waals surface area (Å²) in [5, 5.41) is 12.0. The third kappa shape index (κ3) is 1.93. The second-order valence-corrected chi connectivity index (χ2v) is 4.12. The van der Waals surface area contributed by atoms with Crippen LogP contribution in [0.1, 0.15) is 30.5 Å². The molecule has 0 saturated heterocycles. The maximum Gasteiger partial charge on any atom is 0.123 e. The number of hydrogen-bond acceptors (Lipinski definition) is 1. The number of allylic oxidation sites excluding steroid dienone is 1. The molecule has 0 spiro atoms. The van der Waals surface area contributed by atoms with Crippen LogP contribution in [0.4, 0.5) is 0 Å². The minimum Gasteiger partial charge on any atom is -0.507 e. The van der Waals surface area contributed by atoms with Crippen LogP contribution in [0.3, 0.4) is 0 Å². The smallest absolute Gasteiger partial charge is 0.123 e. The molecule has 0 aliphatic heterocycles. The first kappa shape index (κ1) is 11.7. The van der Waals surface area contributed by atoms with Gasteiger partial charge in [0.2, 0.25) is 0 Å². The van der Waals surface area contributed by atoms with Crippen LogP contribution in [0.25, 0.3) is 16.8 Å². The molecule has 0 amide bonds. The summed E-state index contributed by atoms with van der Waals surface area (Å²) in [6, 6.07) is 8.05. The number of phenolic OH excluding ortho intramolecular Hbond substituents is 1. The van der Waals surface area contributed by atoms with Crippen molar-refractivity contribution in [3.63, 3.8) is 0 Å². The lowest BCUT2D eigenvalue weighted by Crippen LogP contribution is -1.86. The molecule has 17 heavy (non-hydrogen) atoms. The van der Waals surface area contributed by atoms with E-state index in [2.05, 4.69) is 25.1 Å². The van der Waals surface area contributed by atoms with Crippen molar-refractivity contribution in [1.82, 2.24) is 0 Å². The molecule has 1 heteroatoms. The Kier molecular flexibility index (Phi) is 3.19. The van der Waals surface area contributed by atoms with Crippen molar-refractivity contribution in [3.8, 4) is 5.75 Å². The van der Waals surface area contributed by atoms with Crippen LogP contribution in [0.15, 0.2) is 30.3 Å². The number of aryl methyl sites for hydroxylation is 1. The lowest BCUT2D eigenvalue weighted by molar-refractivity contribution is 0.481. The van der Waals surface area contributed by atoms with Gasteiger partial charge in [0.25, 0.3) is 0 Å². The highest BCUT2D eigenvalue weighted by molar-refractivity contribution is 5.97. The summed E-state index contributed by atoms with van der Waals surface area (Å²) in [7, 11) is 0. The molecule has 3 rings (SSSR count). The van der Waals surface area contributed by atoms with E-state index in [1.165, 1.54) is 22.1 Å². The molecule has 1 N–H and O–H groups in total. The largest absolute Gasteiger partial charge is 0.507 e. The average molecular weight is 226 g/mol. The Morgan fingerprint density at radius 3 is 2.59 bits per heavy atom. The Labute approximate surface area is 102 Å². The van der Waals surface area contributed by atoms with Gasteiger partial charge in [0.15, 0.2) is 0 Å². The van der Waals surface area contributed by atoms with Crippen LogP contribution >= 0.6 is 0 Å². The van der Waals surface area contributed by atoms with E-state index in [4.69, 9.17) is 0 Å². The highest BCUT2D eigenvalue weighted by atomic mass is 16.3. The Hall–Kier alpha value is -1.76. The SMILES string of the molecule is CC.Cc1ccc2c(O)cc3c(c2c1)C=CC3. The van der Waals surface area contributed by atoms with Gasteiger partial charge in [-0.25, -0.2) is 0 Å². The van der Waals surface area contributed by atoms with E-state index in [0.29, 0.717) is 5.75 Å². The Morgan fingerprint density at radius 1 is 1.06 bits per heavy atom. The van der Waals surface area contributed by atoms with Crippen LogP contribution in [0.2, 0.25) is 0 Å². The number of hydrogen-bond donors (Lipinski definition) is 1. The first-order chi connectivity index (χ1) is 8.25. The van der Waals surface area contributed by atoms with Gasteiger partial charge in [-0.2, -0.15) is 0 Å². The summed E-state index contributed by atoms with van der Waals surface area (Å²) in [4.78, 5) is 0. The fourth-order valence-electron chi connectivity index (χ4n) is 2.27. The molecule has 1 aliphatic carbocycles. The molecule has 2 aromatic carbocycles. The molecule has 0 saturated carbocycles. The van der Waals surface area contributed by atoms with Gasteiger partial charge in [-0.3, -0.25) is 0 Å².